The second-order valence-electron chi connectivity index (χ2n) is 7.56. The number of anilines is 2. The van der Waals surface area contributed by atoms with Crippen molar-refractivity contribution >= 4 is 23.3 Å². The Morgan fingerprint density at radius 2 is 1.36 bits per heavy atom. The Kier molecular flexibility index (Phi) is 7.53. The molecule has 13 heteroatoms. The van der Waals surface area contributed by atoms with Gasteiger partial charge >= 0.3 is 30.2 Å². The van der Waals surface area contributed by atoms with Crippen molar-refractivity contribution in [3.63, 3.8) is 0 Å². The van der Waals surface area contributed by atoms with Gasteiger partial charge in [0.1, 0.15) is 0 Å². The molecule has 1 N–H and O–H groups in total. The van der Waals surface area contributed by atoms with Gasteiger partial charge in [-0.05, 0) is 37.1 Å². The lowest BCUT2D eigenvalue weighted by Gasteiger charge is -2.40. The van der Waals surface area contributed by atoms with E-state index in [1.807, 2.05) is 0 Å². The van der Waals surface area contributed by atoms with Crippen LogP contribution in [-0.2, 0) is 19.1 Å². The van der Waals surface area contributed by atoms with Crippen LogP contribution in [0.3, 0.4) is 0 Å². The van der Waals surface area contributed by atoms with Gasteiger partial charge in [-0.25, -0.2) is 19.6 Å². The molecule has 0 amide bonds. The minimum Gasteiger partial charge on any atom is -0.401 e. The van der Waals surface area contributed by atoms with Gasteiger partial charge in [0.2, 0.25) is 5.88 Å². The van der Waals surface area contributed by atoms with Crippen LogP contribution < -0.4 is 10.0 Å². The summed E-state index contributed by atoms with van der Waals surface area (Å²) in [4.78, 5) is 23.7. The molecule has 0 aliphatic carbocycles. The number of carbonyl (C=O) groups is 2. The fraction of sp³-hybridized carbons (Fsp3) is 0.304. The standard InChI is InChI=1S/C23H20F6N2O5/c1-2-3-14-17-18(35-19(32)21(24,25)26)30(15-10-6-4-7-11-15)31(16-12-8-5-9-13-16)23(17,34)36-20(33)22(27,28)29/h4-13,34H,2-3,14H2,1H3. The zero-order valence-electron chi connectivity index (χ0n) is 18.6. The molecule has 1 atom stereocenters. The summed E-state index contributed by atoms with van der Waals surface area (Å²) >= 11 is 0. The van der Waals surface area contributed by atoms with Crippen molar-refractivity contribution in [3.8, 4) is 0 Å². The Morgan fingerprint density at radius 1 is 0.861 bits per heavy atom. The highest BCUT2D eigenvalue weighted by Gasteiger charge is 2.59. The van der Waals surface area contributed by atoms with E-state index in [1.165, 1.54) is 54.6 Å². The fourth-order valence-corrected chi connectivity index (χ4v) is 3.45. The summed E-state index contributed by atoms with van der Waals surface area (Å²) in [6.45, 7) is 1.67. The van der Waals surface area contributed by atoms with Gasteiger partial charge in [-0.1, -0.05) is 49.7 Å². The van der Waals surface area contributed by atoms with Crippen molar-refractivity contribution in [2.45, 2.75) is 44.4 Å². The van der Waals surface area contributed by atoms with Gasteiger partial charge in [-0.3, -0.25) is 0 Å². The lowest BCUT2D eigenvalue weighted by molar-refractivity contribution is -0.237. The lowest BCUT2D eigenvalue weighted by atomic mass is 10.1. The van der Waals surface area contributed by atoms with Gasteiger partial charge in [0.15, 0.2) is 0 Å². The van der Waals surface area contributed by atoms with E-state index >= 15 is 0 Å². The van der Waals surface area contributed by atoms with Gasteiger partial charge in [0, 0.05) is 0 Å². The zero-order chi connectivity index (χ0) is 26.7. The highest BCUT2D eigenvalue weighted by molar-refractivity contribution is 5.80. The van der Waals surface area contributed by atoms with Gasteiger partial charge in [-0.15, -0.1) is 0 Å². The van der Waals surface area contributed by atoms with Crippen LogP contribution in [0.4, 0.5) is 37.7 Å². The molecule has 1 aliphatic heterocycles. The van der Waals surface area contributed by atoms with Gasteiger partial charge < -0.3 is 14.6 Å². The minimum atomic E-state index is -5.56. The Labute approximate surface area is 201 Å². The van der Waals surface area contributed by atoms with E-state index in [1.54, 1.807) is 13.0 Å². The summed E-state index contributed by atoms with van der Waals surface area (Å²) < 4.78 is 88.3. The molecule has 1 aliphatic rings. The molecule has 0 radical (unpaired) electrons. The number of nitrogens with zero attached hydrogens (tertiary/aromatic N) is 2. The molecular weight excluding hydrogens is 498 g/mol. The number of hydrazine groups is 1. The number of para-hydroxylation sites is 2. The summed E-state index contributed by atoms with van der Waals surface area (Å²) in [7, 11) is 0. The molecular formula is C23H20F6N2O5. The summed E-state index contributed by atoms with van der Waals surface area (Å²) in [5.74, 6) is -9.75. The maximum atomic E-state index is 13.2. The molecule has 36 heavy (non-hydrogen) atoms. The number of esters is 2. The third-order valence-corrected chi connectivity index (χ3v) is 5.00. The molecule has 0 fully saturated rings. The van der Waals surface area contributed by atoms with Crippen LogP contribution in [0.1, 0.15) is 26.2 Å². The monoisotopic (exact) mass is 518 g/mol. The molecule has 1 unspecified atom stereocenters. The van der Waals surface area contributed by atoms with Crippen LogP contribution in [0.25, 0.3) is 0 Å². The lowest BCUT2D eigenvalue weighted by Crippen LogP contribution is -2.57. The van der Waals surface area contributed by atoms with Crippen LogP contribution >= 0.6 is 0 Å². The van der Waals surface area contributed by atoms with Crippen molar-refractivity contribution in [1.82, 2.24) is 0 Å². The predicted octanol–water partition coefficient (Wildman–Crippen LogP) is 5.19. The molecule has 7 nitrogen and oxygen atoms in total. The molecule has 0 spiro atoms. The van der Waals surface area contributed by atoms with Gasteiger partial charge in [-0.2, -0.15) is 26.3 Å². The fourth-order valence-electron chi connectivity index (χ4n) is 3.45. The number of alkyl halides is 6. The Balaban J connectivity index is 2.32. The second kappa shape index (κ2) is 10.1. The normalized spacial score (nSPS) is 18.4. The number of aliphatic hydroxyl groups is 1. The van der Waals surface area contributed by atoms with E-state index in [2.05, 4.69) is 9.47 Å². The maximum Gasteiger partial charge on any atom is 0.491 e. The number of hydrogen-bond donors (Lipinski definition) is 1. The number of halogens is 6. The largest absolute Gasteiger partial charge is 0.491 e. The average Bonchev–Trinajstić information content (AvgIpc) is 3.04. The quantitative estimate of drug-likeness (QED) is 0.307. The number of carbonyl (C=O) groups excluding carboxylic acids is 2. The van der Waals surface area contributed by atoms with Crippen molar-refractivity contribution < 1.29 is 50.5 Å². The molecule has 2 aromatic rings. The van der Waals surface area contributed by atoms with Crippen molar-refractivity contribution in [2.75, 3.05) is 10.0 Å². The topological polar surface area (TPSA) is 79.3 Å². The summed E-state index contributed by atoms with van der Waals surface area (Å²) in [5.41, 5.74) is -0.794. The maximum absolute atomic E-state index is 13.2. The Hall–Kier alpha value is -3.74. The third kappa shape index (κ3) is 5.40. The van der Waals surface area contributed by atoms with Crippen molar-refractivity contribution in [2.24, 2.45) is 0 Å². The molecule has 0 aromatic heterocycles. The first-order chi connectivity index (χ1) is 16.8. The van der Waals surface area contributed by atoms with Crippen molar-refractivity contribution in [1.29, 1.82) is 0 Å². The van der Waals surface area contributed by atoms with E-state index in [4.69, 9.17) is 0 Å². The summed E-state index contributed by atoms with van der Waals surface area (Å²) in [5, 5.41) is 12.9. The molecule has 1 heterocycles. The van der Waals surface area contributed by atoms with E-state index in [9.17, 15) is 41.0 Å². The number of unbranched alkanes of at least 4 members (excludes halogenated alkanes) is 1. The van der Waals surface area contributed by atoms with Gasteiger partial charge in [0.05, 0.1) is 16.9 Å². The molecule has 194 valence electrons. The Morgan fingerprint density at radius 3 is 1.83 bits per heavy atom. The smallest absolute Gasteiger partial charge is 0.401 e. The number of rotatable bonds is 7. The molecule has 0 saturated heterocycles. The number of benzene rings is 2. The van der Waals surface area contributed by atoms with E-state index in [0.717, 1.165) is 5.01 Å². The summed E-state index contributed by atoms with van der Waals surface area (Å²) in [6.07, 6.45) is -10.9. The SMILES string of the molecule is CCCCC1=C(OC(=O)C(F)(F)F)N(c2ccccc2)N(c2ccccc2)C1(O)OC(=O)C(F)(F)F. The van der Waals surface area contributed by atoms with Crippen LogP contribution in [0.2, 0.25) is 0 Å². The molecule has 0 bridgehead atoms. The van der Waals surface area contributed by atoms with Crippen LogP contribution in [-0.4, -0.2) is 35.3 Å². The highest BCUT2D eigenvalue weighted by Crippen LogP contribution is 2.46. The van der Waals surface area contributed by atoms with Gasteiger partial charge in [0.25, 0.3) is 0 Å². The first-order valence-electron chi connectivity index (χ1n) is 10.6. The number of hydrogen-bond acceptors (Lipinski definition) is 7. The third-order valence-electron chi connectivity index (χ3n) is 5.00. The van der Waals surface area contributed by atoms with Crippen LogP contribution in [0.5, 0.6) is 0 Å². The summed E-state index contributed by atoms with van der Waals surface area (Å²) in [6, 6.07) is 14.1. The Bertz CT molecular complexity index is 1120. The zero-order valence-corrected chi connectivity index (χ0v) is 18.6. The molecule has 3 rings (SSSR count). The predicted molar refractivity (Wildman–Crippen MR) is 114 cm³/mol. The molecule has 2 aromatic carbocycles. The average molecular weight is 518 g/mol. The van der Waals surface area contributed by atoms with Crippen molar-refractivity contribution in [3.05, 3.63) is 72.1 Å². The van der Waals surface area contributed by atoms with E-state index in [0.29, 0.717) is 11.4 Å². The number of ether oxygens (including phenoxy) is 2. The first-order valence-corrected chi connectivity index (χ1v) is 10.6. The van der Waals surface area contributed by atoms with E-state index < -0.39 is 41.7 Å². The first kappa shape index (κ1) is 26.9. The molecule has 0 saturated carbocycles. The van der Waals surface area contributed by atoms with E-state index in [-0.39, 0.29) is 24.2 Å². The second-order valence-corrected chi connectivity index (χ2v) is 7.56. The minimum absolute atomic E-state index is 0.0145. The van der Waals surface area contributed by atoms with Crippen LogP contribution in [0, 0.1) is 0 Å². The highest BCUT2D eigenvalue weighted by atomic mass is 19.4. The van der Waals surface area contributed by atoms with Crippen LogP contribution in [0.15, 0.2) is 72.1 Å².